The first kappa shape index (κ1) is 17.1. The van der Waals surface area contributed by atoms with E-state index in [2.05, 4.69) is 10.4 Å². The lowest BCUT2D eigenvalue weighted by atomic mass is 10.1. The second kappa shape index (κ2) is 7.37. The number of nitrogens with zero attached hydrogens (tertiary/aromatic N) is 2. The van der Waals surface area contributed by atoms with Crippen molar-refractivity contribution in [2.75, 3.05) is 14.2 Å². The lowest BCUT2D eigenvalue weighted by molar-refractivity contribution is -0.124. The molecule has 0 bridgehead atoms. The zero-order valence-corrected chi connectivity index (χ0v) is 14.3. The number of ether oxygens (including phenoxy) is 2. The van der Waals surface area contributed by atoms with Gasteiger partial charge in [0.25, 0.3) is 0 Å². The highest BCUT2D eigenvalue weighted by molar-refractivity contribution is 6.30. The van der Waals surface area contributed by atoms with Gasteiger partial charge >= 0.3 is 0 Å². The number of hydrogen-bond acceptors (Lipinski definition) is 4. The molecule has 1 heterocycles. The van der Waals surface area contributed by atoms with Gasteiger partial charge in [0.15, 0.2) is 0 Å². The first-order chi connectivity index (χ1) is 11.0. The average Bonchev–Trinajstić information content (AvgIpc) is 2.99. The maximum atomic E-state index is 12.4. The van der Waals surface area contributed by atoms with Crippen LogP contribution in [0.4, 0.5) is 0 Å². The van der Waals surface area contributed by atoms with Crippen LogP contribution in [0.1, 0.15) is 31.5 Å². The molecular weight excluding hydrogens is 318 g/mol. The molecule has 0 aliphatic carbocycles. The molecule has 7 heteroatoms. The van der Waals surface area contributed by atoms with E-state index >= 15 is 0 Å². The van der Waals surface area contributed by atoms with Gasteiger partial charge in [-0.1, -0.05) is 11.6 Å². The zero-order chi connectivity index (χ0) is 17.0. The van der Waals surface area contributed by atoms with Gasteiger partial charge in [-0.2, -0.15) is 5.10 Å². The molecule has 124 valence electrons. The summed E-state index contributed by atoms with van der Waals surface area (Å²) in [5.74, 6) is 1.23. The SMILES string of the molecule is COc1ccc(OC)c(C(C)NC(=O)C(C)n2cc(Cl)cn2)c1. The Kier molecular flexibility index (Phi) is 5.50. The Morgan fingerprint density at radius 2 is 2.04 bits per heavy atom. The molecule has 2 unspecified atom stereocenters. The molecule has 2 aromatic rings. The minimum atomic E-state index is -0.471. The number of carbonyl (C=O) groups is 1. The minimum Gasteiger partial charge on any atom is -0.497 e. The third-order valence-electron chi connectivity index (χ3n) is 3.61. The summed E-state index contributed by atoms with van der Waals surface area (Å²) < 4.78 is 12.1. The Hall–Kier alpha value is -2.21. The smallest absolute Gasteiger partial charge is 0.245 e. The maximum absolute atomic E-state index is 12.4. The van der Waals surface area contributed by atoms with Gasteiger partial charge in [-0.3, -0.25) is 9.48 Å². The number of carbonyl (C=O) groups excluding carboxylic acids is 1. The van der Waals surface area contributed by atoms with Crippen LogP contribution in [0.15, 0.2) is 30.6 Å². The minimum absolute atomic E-state index is 0.165. The molecule has 1 amide bonds. The summed E-state index contributed by atoms with van der Waals surface area (Å²) in [6.07, 6.45) is 3.11. The molecule has 0 saturated heterocycles. The van der Waals surface area contributed by atoms with Crippen LogP contribution in [0.5, 0.6) is 11.5 Å². The zero-order valence-electron chi connectivity index (χ0n) is 13.5. The molecule has 0 saturated carbocycles. The lowest BCUT2D eigenvalue weighted by Crippen LogP contribution is -2.33. The Bertz CT molecular complexity index is 687. The van der Waals surface area contributed by atoms with Crippen LogP contribution < -0.4 is 14.8 Å². The van der Waals surface area contributed by atoms with Gasteiger partial charge < -0.3 is 14.8 Å². The molecule has 0 fully saturated rings. The summed E-state index contributed by atoms with van der Waals surface area (Å²) in [4.78, 5) is 12.4. The van der Waals surface area contributed by atoms with Crippen molar-refractivity contribution in [2.45, 2.75) is 25.9 Å². The van der Waals surface area contributed by atoms with Crippen molar-refractivity contribution >= 4 is 17.5 Å². The second-order valence-electron chi connectivity index (χ2n) is 5.15. The first-order valence-corrected chi connectivity index (χ1v) is 7.56. The molecule has 6 nitrogen and oxygen atoms in total. The van der Waals surface area contributed by atoms with Crippen LogP contribution in [0.3, 0.4) is 0 Å². The molecule has 1 N–H and O–H groups in total. The molecule has 0 aliphatic heterocycles. The predicted molar refractivity (Wildman–Crippen MR) is 88.1 cm³/mol. The lowest BCUT2D eigenvalue weighted by Gasteiger charge is -2.20. The van der Waals surface area contributed by atoms with Crippen molar-refractivity contribution < 1.29 is 14.3 Å². The predicted octanol–water partition coefficient (Wildman–Crippen LogP) is 2.99. The fraction of sp³-hybridized carbons (Fsp3) is 0.375. The van der Waals surface area contributed by atoms with Crippen LogP contribution in [-0.4, -0.2) is 29.9 Å². The number of benzene rings is 1. The average molecular weight is 338 g/mol. The van der Waals surface area contributed by atoms with Gasteiger partial charge in [-0.15, -0.1) is 0 Å². The van der Waals surface area contributed by atoms with Gasteiger partial charge in [0.05, 0.1) is 31.5 Å². The Morgan fingerprint density at radius 3 is 2.61 bits per heavy atom. The highest BCUT2D eigenvalue weighted by Crippen LogP contribution is 2.29. The van der Waals surface area contributed by atoms with Crippen molar-refractivity contribution in [3.05, 3.63) is 41.2 Å². The van der Waals surface area contributed by atoms with E-state index in [1.165, 1.54) is 10.9 Å². The number of rotatable bonds is 6. The van der Waals surface area contributed by atoms with E-state index < -0.39 is 6.04 Å². The van der Waals surface area contributed by atoms with Crippen molar-refractivity contribution in [1.29, 1.82) is 0 Å². The topological polar surface area (TPSA) is 65.4 Å². The number of hydrogen-bond donors (Lipinski definition) is 1. The molecule has 0 spiro atoms. The Labute approximate surface area is 140 Å². The highest BCUT2D eigenvalue weighted by atomic mass is 35.5. The third-order valence-corrected chi connectivity index (χ3v) is 3.80. The molecule has 2 rings (SSSR count). The van der Waals surface area contributed by atoms with E-state index in [4.69, 9.17) is 21.1 Å². The van der Waals surface area contributed by atoms with Gasteiger partial charge in [-0.25, -0.2) is 0 Å². The van der Waals surface area contributed by atoms with Crippen LogP contribution in [0, 0.1) is 0 Å². The second-order valence-corrected chi connectivity index (χ2v) is 5.59. The fourth-order valence-corrected chi connectivity index (χ4v) is 2.38. The summed E-state index contributed by atoms with van der Waals surface area (Å²) in [6.45, 7) is 3.65. The van der Waals surface area contributed by atoms with Crippen molar-refractivity contribution in [2.24, 2.45) is 0 Å². The van der Waals surface area contributed by atoms with Crippen LogP contribution >= 0.6 is 11.6 Å². The molecule has 23 heavy (non-hydrogen) atoms. The summed E-state index contributed by atoms with van der Waals surface area (Å²) in [5, 5.41) is 7.50. The summed E-state index contributed by atoms with van der Waals surface area (Å²) >= 11 is 5.84. The molecule has 2 atom stereocenters. The number of nitrogens with one attached hydrogen (secondary N) is 1. The van der Waals surface area contributed by atoms with E-state index in [9.17, 15) is 4.79 Å². The summed E-state index contributed by atoms with van der Waals surface area (Å²) in [6, 6.07) is 4.75. The van der Waals surface area contributed by atoms with Crippen molar-refractivity contribution in [3.63, 3.8) is 0 Å². The van der Waals surface area contributed by atoms with Crippen LogP contribution in [0.25, 0.3) is 0 Å². The van der Waals surface area contributed by atoms with Crippen molar-refractivity contribution in [3.8, 4) is 11.5 Å². The van der Waals surface area contributed by atoms with E-state index in [1.54, 1.807) is 27.3 Å². The van der Waals surface area contributed by atoms with E-state index in [0.717, 1.165) is 5.56 Å². The molecule has 1 aromatic heterocycles. The normalized spacial score (nSPS) is 13.3. The van der Waals surface area contributed by atoms with Gasteiger partial charge in [0.2, 0.25) is 5.91 Å². The first-order valence-electron chi connectivity index (χ1n) is 7.18. The Balaban J connectivity index is 2.14. The van der Waals surface area contributed by atoms with Crippen LogP contribution in [0.2, 0.25) is 5.02 Å². The Morgan fingerprint density at radius 1 is 1.30 bits per heavy atom. The van der Waals surface area contributed by atoms with Gasteiger partial charge in [0.1, 0.15) is 17.5 Å². The largest absolute Gasteiger partial charge is 0.497 e. The van der Waals surface area contributed by atoms with Crippen molar-refractivity contribution in [1.82, 2.24) is 15.1 Å². The number of amides is 1. The standard InChI is InChI=1S/C16H20ClN3O3/c1-10(14-7-13(22-3)5-6-15(14)23-4)19-16(21)11(2)20-9-12(17)8-18-20/h5-11H,1-4H3,(H,19,21). The third kappa shape index (κ3) is 3.96. The quantitative estimate of drug-likeness (QED) is 0.880. The van der Waals surface area contributed by atoms with E-state index in [-0.39, 0.29) is 11.9 Å². The fourth-order valence-electron chi connectivity index (χ4n) is 2.24. The van der Waals surface area contributed by atoms with E-state index in [1.807, 2.05) is 25.1 Å². The van der Waals surface area contributed by atoms with E-state index in [0.29, 0.717) is 16.5 Å². The highest BCUT2D eigenvalue weighted by Gasteiger charge is 2.20. The molecular formula is C16H20ClN3O3. The maximum Gasteiger partial charge on any atom is 0.245 e. The molecule has 1 aromatic carbocycles. The van der Waals surface area contributed by atoms with Gasteiger partial charge in [0, 0.05) is 11.8 Å². The van der Waals surface area contributed by atoms with Crippen LogP contribution in [-0.2, 0) is 4.79 Å². The monoisotopic (exact) mass is 337 g/mol. The van der Waals surface area contributed by atoms with Gasteiger partial charge in [-0.05, 0) is 32.0 Å². The summed E-state index contributed by atoms with van der Waals surface area (Å²) in [7, 11) is 3.19. The molecule has 0 radical (unpaired) electrons. The number of halogens is 1. The number of methoxy groups -OCH3 is 2. The number of aromatic nitrogens is 2. The summed E-state index contributed by atoms with van der Waals surface area (Å²) in [5.41, 5.74) is 0.839. The molecule has 0 aliphatic rings.